The fraction of sp³-hybridized carbons (Fsp3) is 0.400. The first-order valence-electron chi connectivity index (χ1n) is 4.16. The maximum Gasteiger partial charge on any atom is 0.0343 e. The van der Waals surface area contributed by atoms with Gasteiger partial charge in [-0.3, -0.25) is 0 Å². The second kappa shape index (κ2) is 4.41. The van der Waals surface area contributed by atoms with Gasteiger partial charge < -0.3 is 5.32 Å². The van der Waals surface area contributed by atoms with Crippen molar-refractivity contribution >= 4 is 18.3 Å². The molecule has 0 aliphatic rings. The van der Waals surface area contributed by atoms with Crippen LogP contribution in [0.15, 0.2) is 18.2 Å². The molecule has 0 saturated heterocycles. The summed E-state index contributed by atoms with van der Waals surface area (Å²) in [6.07, 6.45) is 0. The third-order valence-corrected chi connectivity index (χ3v) is 2.17. The van der Waals surface area contributed by atoms with Crippen molar-refractivity contribution in [3.63, 3.8) is 0 Å². The SMILES string of the molecule is Cc1ccc(NCCS)cc1C. The van der Waals surface area contributed by atoms with Gasteiger partial charge in [0, 0.05) is 18.0 Å². The van der Waals surface area contributed by atoms with Crippen LogP contribution < -0.4 is 5.32 Å². The van der Waals surface area contributed by atoms with Crippen LogP contribution >= 0.6 is 12.6 Å². The predicted molar refractivity (Wildman–Crippen MR) is 58.3 cm³/mol. The summed E-state index contributed by atoms with van der Waals surface area (Å²) >= 11 is 4.13. The molecule has 0 spiro atoms. The summed E-state index contributed by atoms with van der Waals surface area (Å²) in [6, 6.07) is 6.40. The fourth-order valence-corrected chi connectivity index (χ4v) is 1.16. The molecule has 0 aliphatic carbocycles. The van der Waals surface area contributed by atoms with Gasteiger partial charge >= 0.3 is 0 Å². The molecule has 0 aliphatic heterocycles. The van der Waals surface area contributed by atoms with Crippen LogP contribution in [0.1, 0.15) is 11.1 Å². The maximum absolute atomic E-state index is 4.13. The fourth-order valence-electron chi connectivity index (χ4n) is 1.05. The van der Waals surface area contributed by atoms with Crippen LogP contribution in [0, 0.1) is 13.8 Å². The lowest BCUT2D eigenvalue weighted by Gasteiger charge is -2.06. The van der Waals surface area contributed by atoms with Gasteiger partial charge in [0.25, 0.3) is 0 Å². The quantitative estimate of drug-likeness (QED) is 0.683. The standard InChI is InChI=1S/C10H15NS/c1-8-3-4-10(7-9(8)2)11-5-6-12/h3-4,7,11-12H,5-6H2,1-2H3. The average Bonchev–Trinajstić information content (AvgIpc) is 2.07. The van der Waals surface area contributed by atoms with E-state index in [1.165, 1.54) is 16.8 Å². The third kappa shape index (κ3) is 2.45. The van der Waals surface area contributed by atoms with Gasteiger partial charge in [-0.05, 0) is 37.1 Å². The largest absolute Gasteiger partial charge is 0.384 e. The van der Waals surface area contributed by atoms with Crippen molar-refractivity contribution in [1.29, 1.82) is 0 Å². The first kappa shape index (κ1) is 9.46. The van der Waals surface area contributed by atoms with E-state index < -0.39 is 0 Å². The number of anilines is 1. The van der Waals surface area contributed by atoms with E-state index in [1.54, 1.807) is 0 Å². The van der Waals surface area contributed by atoms with Crippen LogP contribution in [0.5, 0.6) is 0 Å². The van der Waals surface area contributed by atoms with Crippen molar-refractivity contribution in [1.82, 2.24) is 0 Å². The van der Waals surface area contributed by atoms with Crippen molar-refractivity contribution in [2.45, 2.75) is 13.8 Å². The average molecular weight is 181 g/mol. The van der Waals surface area contributed by atoms with Crippen molar-refractivity contribution in [2.75, 3.05) is 17.6 Å². The van der Waals surface area contributed by atoms with E-state index >= 15 is 0 Å². The van der Waals surface area contributed by atoms with Crippen molar-refractivity contribution in [3.05, 3.63) is 29.3 Å². The second-order valence-electron chi connectivity index (χ2n) is 2.95. The number of aryl methyl sites for hydroxylation is 2. The van der Waals surface area contributed by atoms with Crippen LogP contribution in [0.4, 0.5) is 5.69 Å². The minimum atomic E-state index is 0.868. The molecule has 0 bridgehead atoms. The third-order valence-electron chi connectivity index (χ3n) is 1.95. The Hall–Kier alpha value is -0.630. The highest BCUT2D eigenvalue weighted by atomic mass is 32.1. The molecule has 1 N–H and O–H groups in total. The van der Waals surface area contributed by atoms with E-state index in [-0.39, 0.29) is 0 Å². The van der Waals surface area contributed by atoms with Crippen LogP contribution in [-0.2, 0) is 0 Å². The first-order chi connectivity index (χ1) is 5.74. The Morgan fingerprint density at radius 2 is 2.00 bits per heavy atom. The number of thiol groups is 1. The molecule has 0 unspecified atom stereocenters. The molecule has 2 heteroatoms. The molecule has 0 aromatic heterocycles. The zero-order valence-corrected chi connectivity index (χ0v) is 8.49. The molecule has 1 rings (SSSR count). The predicted octanol–water partition coefficient (Wildman–Crippen LogP) is 2.65. The topological polar surface area (TPSA) is 12.0 Å². The molecule has 0 radical (unpaired) electrons. The minimum Gasteiger partial charge on any atom is -0.384 e. The highest BCUT2D eigenvalue weighted by molar-refractivity contribution is 7.80. The molecule has 0 fully saturated rings. The van der Waals surface area contributed by atoms with Crippen molar-refractivity contribution in [3.8, 4) is 0 Å². The molecule has 0 heterocycles. The highest BCUT2D eigenvalue weighted by Crippen LogP contribution is 2.13. The van der Waals surface area contributed by atoms with Crippen LogP contribution in [-0.4, -0.2) is 12.3 Å². The van der Waals surface area contributed by atoms with Crippen LogP contribution in [0.3, 0.4) is 0 Å². The van der Waals surface area contributed by atoms with Gasteiger partial charge in [-0.1, -0.05) is 6.07 Å². The van der Waals surface area contributed by atoms with E-state index in [0.29, 0.717) is 0 Å². The van der Waals surface area contributed by atoms with Gasteiger partial charge in [-0.15, -0.1) is 0 Å². The summed E-state index contributed by atoms with van der Waals surface area (Å²) in [5, 5.41) is 3.29. The van der Waals surface area contributed by atoms with E-state index in [1.807, 2.05) is 0 Å². The first-order valence-corrected chi connectivity index (χ1v) is 4.79. The van der Waals surface area contributed by atoms with E-state index in [9.17, 15) is 0 Å². The van der Waals surface area contributed by atoms with Gasteiger partial charge in [0.1, 0.15) is 0 Å². The normalized spacial score (nSPS) is 9.92. The Bertz CT molecular complexity index is 258. The highest BCUT2D eigenvalue weighted by Gasteiger charge is 1.93. The van der Waals surface area contributed by atoms with Gasteiger partial charge in [-0.2, -0.15) is 12.6 Å². The Morgan fingerprint density at radius 1 is 1.25 bits per heavy atom. The summed E-state index contributed by atoms with van der Waals surface area (Å²) in [5.74, 6) is 0.868. The summed E-state index contributed by atoms with van der Waals surface area (Å²) in [4.78, 5) is 0. The smallest absolute Gasteiger partial charge is 0.0343 e. The number of hydrogen-bond donors (Lipinski definition) is 2. The van der Waals surface area contributed by atoms with Crippen molar-refractivity contribution < 1.29 is 0 Å². The lowest BCUT2D eigenvalue weighted by atomic mass is 10.1. The van der Waals surface area contributed by atoms with E-state index in [2.05, 4.69) is 50.0 Å². The van der Waals surface area contributed by atoms with Crippen molar-refractivity contribution in [2.24, 2.45) is 0 Å². The zero-order chi connectivity index (χ0) is 8.97. The van der Waals surface area contributed by atoms with E-state index in [0.717, 1.165) is 12.3 Å². The Morgan fingerprint density at radius 3 is 2.58 bits per heavy atom. The van der Waals surface area contributed by atoms with Crippen LogP contribution in [0.25, 0.3) is 0 Å². The number of hydrogen-bond acceptors (Lipinski definition) is 2. The molecular formula is C10H15NS. The summed E-state index contributed by atoms with van der Waals surface area (Å²) in [6.45, 7) is 5.17. The molecular weight excluding hydrogens is 166 g/mol. The molecule has 1 nitrogen and oxygen atoms in total. The monoisotopic (exact) mass is 181 g/mol. The summed E-state index contributed by atoms with van der Waals surface area (Å²) < 4.78 is 0. The van der Waals surface area contributed by atoms with Gasteiger partial charge in [-0.25, -0.2) is 0 Å². The Kier molecular flexibility index (Phi) is 3.48. The molecule has 66 valence electrons. The lowest BCUT2D eigenvalue weighted by Crippen LogP contribution is -2.02. The molecule has 0 atom stereocenters. The molecule has 1 aromatic rings. The van der Waals surface area contributed by atoms with Crippen LogP contribution in [0.2, 0.25) is 0 Å². The summed E-state index contributed by atoms with van der Waals surface area (Å²) in [7, 11) is 0. The number of nitrogens with one attached hydrogen (secondary N) is 1. The summed E-state index contributed by atoms with van der Waals surface area (Å²) in [5.41, 5.74) is 3.86. The Balaban J connectivity index is 2.69. The van der Waals surface area contributed by atoms with E-state index in [4.69, 9.17) is 0 Å². The molecule has 12 heavy (non-hydrogen) atoms. The molecule has 0 saturated carbocycles. The molecule has 0 amide bonds. The minimum absolute atomic E-state index is 0.868. The van der Waals surface area contributed by atoms with Gasteiger partial charge in [0.2, 0.25) is 0 Å². The Labute approximate surface area is 79.6 Å². The molecule has 1 aromatic carbocycles. The maximum atomic E-state index is 4.13. The zero-order valence-electron chi connectivity index (χ0n) is 7.59. The number of rotatable bonds is 3. The second-order valence-corrected chi connectivity index (χ2v) is 3.40. The van der Waals surface area contributed by atoms with Gasteiger partial charge in [0.15, 0.2) is 0 Å². The van der Waals surface area contributed by atoms with Gasteiger partial charge in [0.05, 0.1) is 0 Å². The lowest BCUT2D eigenvalue weighted by molar-refractivity contribution is 1.22. The number of benzene rings is 1.